The van der Waals surface area contributed by atoms with Crippen molar-refractivity contribution in [2.45, 2.75) is 57.9 Å². The van der Waals surface area contributed by atoms with Gasteiger partial charge in [0, 0.05) is 36.3 Å². The molecule has 0 radical (unpaired) electrons. The number of fused-ring (bicyclic) bond motifs is 2. The maximum Gasteiger partial charge on any atom is 0.253 e. The van der Waals surface area contributed by atoms with Gasteiger partial charge in [0.25, 0.3) is 5.91 Å². The zero-order chi connectivity index (χ0) is 19.7. The van der Waals surface area contributed by atoms with Gasteiger partial charge < -0.3 is 16.0 Å². The van der Waals surface area contributed by atoms with Gasteiger partial charge in [-0.15, -0.1) is 0 Å². The Morgan fingerprint density at radius 3 is 2.21 bits per heavy atom. The predicted molar refractivity (Wildman–Crippen MR) is 111 cm³/mol. The molecule has 3 N–H and O–H groups in total. The summed E-state index contributed by atoms with van der Waals surface area (Å²) in [6.07, 6.45) is 7.55. The topological polar surface area (TPSA) is 75.4 Å². The van der Waals surface area contributed by atoms with Crippen molar-refractivity contribution in [2.24, 2.45) is 29.4 Å². The lowest BCUT2D eigenvalue weighted by molar-refractivity contribution is -0.122. The van der Waals surface area contributed by atoms with Gasteiger partial charge >= 0.3 is 0 Å². The van der Waals surface area contributed by atoms with Crippen LogP contribution in [0.4, 0.5) is 5.69 Å². The molecular weight excluding hydrogens is 350 g/mol. The highest BCUT2D eigenvalue weighted by molar-refractivity contribution is 5.96. The number of hydrogen-bond donors (Lipinski definition) is 2. The molecule has 1 aromatic carbocycles. The van der Waals surface area contributed by atoms with E-state index in [-0.39, 0.29) is 23.8 Å². The van der Waals surface area contributed by atoms with Crippen LogP contribution < -0.4 is 11.1 Å². The van der Waals surface area contributed by atoms with E-state index in [0.717, 1.165) is 57.3 Å². The predicted octanol–water partition coefficient (Wildman–Crippen LogP) is 3.65. The number of benzene rings is 1. The smallest absolute Gasteiger partial charge is 0.253 e. The van der Waals surface area contributed by atoms with E-state index in [1.165, 1.54) is 6.42 Å². The Balaban J connectivity index is 1.34. The number of carbonyl (C=O) groups excluding carboxylic acids is 2. The first-order valence-electron chi connectivity index (χ1n) is 11.0. The van der Waals surface area contributed by atoms with E-state index in [9.17, 15) is 9.59 Å². The number of anilines is 1. The monoisotopic (exact) mass is 383 g/mol. The maximum atomic E-state index is 12.8. The number of hydrogen-bond acceptors (Lipinski definition) is 3. The number of nitrogens with two attached hydrogens (primary N) is 1. The summed E-state index contributed by atoms with van der Waals surface area (Å²) in [5.41, 5.74) is 7.82. The summed E-state index contributed by atoms with van der Waals surface area (Å²) in [4.78, 5) is 27.4. The highest BCUT2D eigenvalue weighted by atomic mass is 16.2. The second-order valence-electron chi connectivity index (χ2n) is 9.24. The third kappa shape index (κ3) is 4.09. The number of piperidine rings is 1. The highest BCUT2D eigenvalue weighted by Crippen LogP contribution is 2.42. The zero-order valence-electron chi connectivity index (χ0n) is 16.9. The molecule has 5 heteroatoms. The Hall–Kier alpha value is -1.88. The first-order chi connectivity index (χ1) is 13.5. The number of nitrogens with zero attached hydrogens (tertiary/aromatic N) is 1. The zero-order valence-corrected chi connectivity index (χ0v) is 16.9. The molecule has 3 fully saturated rings. The van der Waals surface area contributed by atoms with E-state index in [1.807, 2.05) is 29.2 Å². The summed E-state index contributed by atoms with van der Waals surface area (Å²) in [5, 5.41) is 3.06. The summed E-state index contributed by atoms with van der Waals surface area (Å²) in [5.74, 6) is 1.96. The molecule has 0 spiro atoms. The molecule has 5 nitrogen and oxygen atoms in total. The van der Waals surface area contributed by atoms with Crippen molar-refractivity contribution in [3.8, 4) is 0 Å². The van der Waals surface area contributed by atoms with Gasteiger partial charge in [0.1, 0.15) is 0 Å². The number of rotatable bonds is 3. The molecule has 2 saturated carbocycles. The van der Waals surface area contributed by atoms with Crippen LogP contribution in [0.2, 0.25) is 0 Å². The first kappa shape index (κ1) is 19.4. The van der Waals surface area contributed by atoms with Crippen LogP contribution in [0.5, 0.6) is 0 Å². The van der Waals surface area contributed by atoms with Gasteiger partial charge in [-0.3, -0.25) is 9.59 Å². The van der Waals surface area contributed by atoms with Crippen molar-refractivity contribution >= 4 is 17.5 Å². The molecule has 2 unspecified atom stereocenters. The molecule has 0 aromatic heterocycles. The summed E-state index contributed by atoms with van der Waals surface area (Å²) in [6.45, 7) is 3.92. The molecular formula is C23H33N3O2. The van der Waals surface area contributed by atoms with Crippen LogP contribution in [0.15, 0.2) is 24.3 Å². The Morgan fingerprint density at radius 2 is 1.61 bits per heavy atom. The summed E-state index contributed by atoms with van der Waals surface area (Å²) in [6, 6.07) is 7.66. The minimum Gasteiger partial charge on any atom is -0.339 e. The van der Waals surface area contributed by atoms with E-state index in [4.69, 9.17) is 5.73 Å². The average molecular weight is 384 g/mol. The first-order valence-corrected chi connectivity index (χ1v) is 11.0. The summed E-state index contributed by atoms with van der Waals surface area (Å²) < 4.78 is 0. The lowest BCUT2D eigenvalue weighted by atomic mass is 9.65. The fourth-order valence-electron chi connectivity index (χ4n) is 5.34. The molecule has 4 rings (SSSR count). The van der Waals surface area contributed by atoms with Gasteiger partial charge in [0.05, 0.1) is 0 Å². The molecule has 1 heterocycles. The van der Waals surface area contributed by atoms with Crippen LogP contribution >= 0.6 is 0 Å². The molecule has 2 amide bonds. The van der Waals surface area contributed by atoms with Crippen molar-refractivity contribution < 1.29 is 9.59 Å². The van der Waals surface area contributed by atoms with Gasteiger partial charge in [0.15, 0.2) is 0 Å². The second-order valence-corrected chi connectivity index (χ2v) is 9.24. The Labute approximate surface area is 168 Å². The van der Waals surface area contributed by atoms with Gasteiger partial charge in [-0.1, -0.05) is 13.3 Å². The van der Waals surface area contributed by atoms with Crippen molar-refractivity contribution in [2.75, 3.05) is 18.4 Å². The average Bonchev–Trinajstić information content (AvgIpc) is 2.68. The molecule has 2 bridgehead atoms. The molecule has 28 heavy (non-hydrogen) atoms. The van der Waals surface area contributed by atoms with E-state index in [2.05, 4.69) is 12.2 Å². The van der Waals surface area contributed by atoms with E-state index in [0.29, 0.717) is 23.3 Å². The van der Waals surface area contributed by atoms with Crippen LogP contribution in [-0.2, 0) is 4.79 Å². The van der Waals surface area contributed by atoms with E-state index >= 15 is 0 Å². The number of carbonyl (C=O) groups is 2. The number of nitrogens with one attached hydrogen (secondary N) is 1. The van der Waals surface area contributed by atoms with Crippen LogP contribution in [0, 0.1) is 23.7 Å². The Morgan fingerprint density at radius 1 is 1.00 bits per heavy atom. The van der Waals surface area contributed by atoms with Crippen molar-refractivity contribution in [3.05, 3.63) is 29.8 Å². The normalized spacial score (nSPS) is 30.7. The van der Waals surface area contributed by atoms with Gasteiger partial charge in [-0.05, 0) is 80.5 Å². The summed E-state index contributed by atoms with van der Waals surface area (Å²) in [7, 11) is 0. The molecule has 1 aliphatic heterocycles. The third-order valence-electron chi connectivity index (χ3n) is 7.25. The van der Waals surface area contributed by atoms with Crippen molar-refractivity contribution in [1.82, 2.24) is 4.90 Å². The molecule has 2 atom stereocenters. The van der Waals surface area contributed by atoms with Crippen LogP contribution in [-0.4, -0.2) is 35.8 Å². The number of amides is 2. The lowest BCUT2D eigenvalue weighted by Crippen LogP contribution is -2.48. The molecule has 3 aliphatic rings. The van der Waals surface area contributed by atoms with Crippen LogP contribution in [0.1, 0.15) is 62.2 Å². The molecule has 2 aliphatic carbocycles. The van der Waals surface area contributed by atoms with Gasteiger partial charge in [-0.25, -0.2) is 0 Å². The maximum absolute atomic E-state index is 12.8. The minimum atomic E-state index is 0.0618. The highest BCUT2D eigenvalue weighted by Gasteiger charge is 2.40. The number of likely N-dealkylation sites (tertiary alicyclic amines) is 1. The van der Waals surface area contributed by atoms with Crippen molar-refractivity contribution in [1.29, 1.82) is 0 Å². The van der Waals surface area contributed by atoms with Crippen molar-refractivity contribution in [3.63, 3.8) is 0 Å². The van der Waals surface area contributed by atoms with E-state index in [1.54, 1.807) is 0 Å². The second kappa shape index (κ2) is 8.24. The Kier molecular flexibility index (Phi) is 5.72. The fourth-order valence-corrected chi connectivity index (χ4v) is 5.34. The van der Waals surface area contributed by atoms with Crippen LogP contribution in [0.25, 0.3) is 0 Å². The molecule has 1 aromatic rings. The summed E-state index contributed by atoms with van der Waals surface area (Å²) >= 11 is 0. The lowest BCUT2D eigenvalue weighted by Gasteiger charge is -2.43. The minimum absolute atomic E-state index is 0.0618. The fraction of sp³-hybridized carbons (Fsp3) is 0.652. The largest absolute Gasteiger partial charge is 0.339 e. The van der Waals surface area contributed by atoms with Crippen LogP contribution in [0.3, 0.4) is 0 Å². The van der Waals surface area contributed by atoms with Gasteiger partial charge in [0.2, 0.25) is 5.91 Å². The standard InChI is InChI=1S/C23H33N3O2/c1-15-9-11-26(12-10-15)23(28)16-5-7-20(8-6-16)25-22(27)19-13-17-3-2-4-18(14-19)21(17)24/h5-8,15,17-19,21H,2-4,9-14,24H2,1H3,(H,25,27). The molecule has 1 saturated heterocycles. The third-order valence-corrected chi connectivity index (χ3v) is 7.25. The van der Waals surface area contributed by atoms with E-state index < -0.39 is 0 Å². The quantitative estimate of drug-likeness (QED) is 0.836. The Bertz CT molecular complexity index is 695. The SMILES string of the molecule is CC1CCN(C(=O)c2ccc(NC(=O)C3CC4CCCC(C3)C4N)cc2)CC1. The van der Waals surface area contributed by atoms with Gasteiger partial charge in [-0.2, -0.15) is 0 Å². The molecule has 152 valence electrons.